The van der Waals surface area contributed by atoms with E-state index in [1.54, 1.807) is 0 Å². The van der Waals surface area contributed by atoms with Crippen LogP contribution in [0.5, 0.6) is 0 Å². The molecule has 1 saturated heterocycles. The van der Waals surface area contributed by atoms with Gasteiger partial charge >= 0.3 is 0 Å². The molecule has 3 N–H and O–H groups in total. The Morgan fingerprint density at radius 1 is 1.03 bits per heavy atom. The lowest BCUT2D eigenvalue weighted by Crippen LogP contribution is -2.57. The van der Waals surface area contributed by atoms with Crippen molar-refractivity contribution in [3.63, 3.8) is 0 Å². The first kappa shape index (κ1) is 22.4. The molecule has 32 heavy (non-hydrogen) atoms. The Morgan fingerprint density at radius 3 is 2.59 bits per heavy atom. The van der Waals surface area contributed by atoms with E-state index < -0.39 is 0 Å². The van der Waals surface area contributed by atoms with Crippen LogP contribution in [0.3, 0.4) is 0 Å². The molecule has 0 saturated carbocycles. The van der Waals surface area contributed by atoms with E-state index >= 15 is 0 Å². The average Bonchev–Trinajstić information content (AvgIpc) is 2.73. The van der Waals surface area contributed by atoms with E-state index in [1.165, 1.54) is 0 Å². The zero-order chi connectivity index (χ0) is 22.7. The molecule has 0 aromatic heterocycles. The third-order valence-electron chi connectivity index (χ3n) is 5.59. The van der Waals surface area contributed by atoms with E-state index in [1.807, 2.05) is 61.5 Å². The highest BCUT2D eigenvalue weighted by atomic mass is 79.9. The van der Waals surface area contributed by atoms with Gasteiger partial charge in [0, 0.05) is 41.0 Å². The van der Waals surface area contributed by atoms with Gasteiger partial charge in [0.1, 0.15) is 0 Å². The summed E-state index contributed by atoms with van der Waals surface area (Å²) < 4.78 is 0.971. The van der Waals surface area contributed by atoms with E-state index in [2.05, 4.69) is 62.8 Å². The lowest BCUT2D eigenvalue weighted by Gasteiger charge is -2.40. The number of para-hydroxylation sites is 1. The summed E-state index contributed by atoms with van der Waals surface area (Å²) in [6.45, 7) is 9.30. The van der Waals surface area contributed by atoms with Crippen molar-refractivity contribution in [1.29, 1.82) is 0 Å². The number of nitrogens with zero attached hydrogens (tertiary/aromatic N) is 1. The Labute approximate surface area is 198 Å². The smallest absolute Gasteiger partial charge is 0.257 e. The maximum atomic E-state index is 13.1. The second kappa shape index (κ2) is 9.35. The number of carbonyl (C=O) groups is 1. The van der Waals surface area contributed by atoms with Crippen LogP contribution in [0.25, 0.3) is 0 Å². The molecule has 166 valence electrons. The van der Waals surface area contributed by atoms with Gasteiger partial charge in [-0.15, -0.1) is 0 Å². The predicted octanol–water partition coefficient (Wildman–Crippen LogP) is 5.94. The standard InChI is InChI=1S/C26H29BrN4O/c1-18-7-6-8-19(15-18)29-23-10-5-4-9-21(23)25(32)30-20-11-12-24(22(27)16-20)31-14-13-28-26(2,3)17-31/h4-12,15-16,28-29H,13-14,17H2,1-3H3,(H,30,32). The Morgan fingerprint density at radius 2 is 1.84 bits per heavy atom. The summed E-state index contributed by atoms with van der Waals surface area (Å²) in [6.07, 6.45) is 0. The predicted molar refractivity (Wildman–Crippen MR) is 137 cm³/mol. The van der Waals surface area contributed by atoms with E-state index in [9.17, 15) is 4.79 Å². The molecule has 0 radical (unpaired) electrons. The lowest BCUT2D eigenvalue weighted by atomic mass is 10.0. The first-order valence-electron chi connectivity index (χ1n) is 10.8. The second-order valence-corrected chi connectivity index (χ2v) is 9.75. The van der Waals surface area contributed by atoms with Crippen molar-refractivity contribution in [2.24, 2.45) is 0 Å². The molecular weight excluding hydrogens is 464 g/mol. The molecule has 0 unspecified atom stereocenters. The molecule has 5 nitrogen and oxygen atoms in total. The fourth-order valence-electron chi connectivity index (χ4n) is 4.05. The van der Waals surface area contributed by atoms with Gasteiger partial charge in [0.15, 0.2) is 0 Å². The minimum atomic E-state index is -0.149. The largest absolute Gasteiger partial charge is 0.368 e. The molecule has 3 aromatic rings. The van der Waals surface area contributed by atoms with Crippen LogP contribution in [0.15, 0.2) is 71.2 Å². The van der Waals surface area contributed by atoms with Crippen molar-refractivity contribution in [3.8, 4) is 0 Å². The molecule has 0 bridgehead atoms. The molecule has 1 aliphatic heterocycles. The normalized spacial score (nSPS) is 15.3. The zero-order valence-electron chi connectivity index (χ0n) is 18.7. The van der Waals surface area contributed by atoms with Crippen molar-refractivity contribution in [3.05, 3.63) is 82.3 Å². The van der Waals surface area contributed by atoms with E-state index in [0.717, 1.165) is 52.4 Å². The molecule has 0 aliphatic carbocycles. The topological polar surface area (TPSA) is 56.4 Å². The summed E-state index contributed by atoms with van der Waals surface area (Å²) >= 11 is 3.71. The number of rotatable bonds is 5. The van der Waals surface area contributed by atoms with Gasteiger partial charge in [-0.2, -0.15) is 0 Å². The molecule has 0 spiro atoms. The fourth-order valence-corrected chi connectivity index (χ4v) is 4.68. The van der Waals surface area contributed by atoms with Crippen LogP contribution in [0.2, 0.25) is 0 Å². The van der Waals surface area contributed by atoms with Gasteiger partial charge in [0.25, 0.3) is 5.91 Å². The quantitative estimate of drug-likeness (QED) is 0.412. The summed E-state index contributed by atoms with van der Waals surface area (Å²) in [5.41, 5.74) is 5.45. The number of nitrogens with one attached hydrogen (secondary N) is 3. The number of hydrogen-bond donors (Lipinski definition) is 3. The van der Waals surface area contributed by atoms with Crippen LogP contribution in [-0.4, -0.2) is 31.1 Å². The zero-order valence-corrected chi connectivity index (χ0v) is 20.3. The summed E-state index contributed by atoms with van der Waals surface area (Å²) in [5, 5.41) is 9.95. The van der Waals surface area contributed by atoms with Gasteiger partial charge in [-0.05, 0) is 84.7 Å². The third kappa shape index (κ3) is 5.31. The Kier molecular flexibility index (Phi) is 6.53. The Bertz CT molecular complexity index is 1130. The molecular formula is C26H29BrN4O. The van der Waals surface area contributed by atoms with Gasteiger partial charge in [-0.25, -0.2) is 0 Å². The van der Waals surface area contributed by atoms with Crippen molar-refractivity contribution < 1.29 is 4.79 Å². The third-order valence-corrected chi connectivity index (χ3v) is 6.22. The fraction of sp³-hybridized carbons (Fsp3) is 0.269. The van der Waals surface area contributed by atoms with Gasteiger partial charge in [0.05, 0.1) is 16.9 Å². The maximum Gasteiger partial charge on any atom is 0.257 e. The lowest BCUT2D eigenvalue weighted by molar-refractivity contribution is 0.102. The summed E-state index contributed by atoms with van der Waals surface area (Å²) in [7, 11) is 0. The van der Waals surface area contributed by atoms with Crippen LogP contribution >= 0.6 is 15.9 Å². The summed E-state index contributed by atoms with van der Waals surface area (Å²) in [5.74, 6) is -0.149. The first-order valence-corrected chi connectivity index (χ1v) is 11.6. The van der Waals surface area contributed by atoms with Crippen molar-refractivity contribution in [1.82, 2.24) is 5.32 Å². The minimum absolute atomic E-state index is 0.0680. The van der Waals surface area contributed by atoms with Crippen molar-refractivity contribution in [2.75, 3.05) is 35.2 Å². The van der Waals surface area contributed by atoms with Crippen molar-refractivity contribution in [2.45, 2.75) is 26.3 Å². The second-order valence-electron chi connectivity index (χ2n) is 8.89. The van der Waals surface area contributed by atoms with Crippen LogP contribution < -0.4 is 20.9 Å². The SMILES string of the molecule is Cc1cccc(Nc2ccccc2C(=O)Nc2ccc(N3CCNC(C)(C)C3)c(Br)c2)c1. The molecule has 1 heterocycles. The molecule has 6 heteroatoms. The molecule has 3 aromatic carbocycles. The number of piperazine rings is 1. The number of anilines is 4. The number of benzene rings is 3. The van der Waals surface area contributed by atoms with Crippen LogP contribution in [0.4, 0.5) is 22.7 Å². The van der Waals surface area contributed by atoms with Gasteiger partial charge < -0.3 is 20.9 Å². The highest BCUT2D eigenvalue weighted by molar-refractivity contribution is 9.10. The molecule has 1 fully saturated rings. The number of carbonyl (C=O) groups excluding carboxylic acids is 1. The highest BCUT2D eigenvalue weighted by Crippen LogP contribution is 2.31. The average molecular weight is 493 g/mol. The van der Waals surface area contributed by atoms with Crippen LogP contribution in [0, 0.1) is 6.92 Å². The summed E-state index contributed by atoms with van der Waals surface area (Å²) in [6, 6.07) is 21.7. The number of hydrogen-bond acceptors (Lipinski definition) is 4. The van der Waals surface area contributed by atoms with Gasteiger partial charge in [0.2, 0.25) is 0 Å². The molecule has 0 atom stereocenters. The Hall–Kier alpha value is -2.83. The van der Waals surface area contributed by atoms with E-state index in [4.69, 9.17) is 0 Å². The van der Waals surface area contributed by atoms with E-state index in [0.29, 0.717) is 5.56 Å². The maximum absolute atomic E-state index is 13.1. The summed E-state index contributed by atoms with van der Waals surface area (Å²) in [4.78, 5) is 15.5. The highest BCUT2D eigenvalue weighted by Gasteiger charge is 2.26. The van der Waals surface area contributed by atoms with Crippen molar-refractivity contribution >= 4 is 44.6 Å². The van der Waals surface area contributed by atoms with E-state index in [-0.39, 0.29) is 11.4 Å². The monoisotopic (exact) mass is 492 g/mol. The number of halogens is 1. The first-order chi connectivity index (χ1) is 15.3. The van der Waals surface area contributed by atoms with Gasteiger partial charge in [-0.3, -0.25) is 4.79 Å². The Balaban J connectivity index is 1.50. The van der Waals surface area contributed by atoms with Crippen LogP contribution in [0.1, 0.15) is 29.8 Å². The molecule has 1 amide bonds. The minimum Gasteiger partial charge on any atom is -0.368 e. The number of amides is 1. The van der Waals surface area contributed by atoms with Crippen LogP contribution in [-0.2, 0) is 0 Å². The molecule has 4 rings (SSSR count). The molecule has 1 aliphatic rings. The van der Waals surface area contributed by atoms with Gasteiger partial charge in [-0.1, -0.05) is 24.3 Å². The number of aryl methyl sites for hydroxylation is 1.